The number of carbonyl (C=O) groups is 15. The molecule has 0 aliphatic heterocycles. The first-order chi connectivity index (χ1) is 46.0. The molecule has 0 saturated heterocycles. The molecule has 0 fully saturated rings. The van der Waals surface area contributed by atoms with Crippen molar-refractivity contribution >= 4 is 87.7 Å². The van der Waals surface area contributed by atoms with E-state index in [0.717, 1.165) is 38.5 Å². The van der Waals surface area contributed by atoms with Crippen LogP contribution >= 0.6 is 0 Å². The number of ether oxygens (including phenoxy) is 4. The van der Waals surface area contributed by atoms with Gasteiger partial charge in [0, 0.05) is 108 Å². The quantitative estimate of drug-likeness (QED) is 0.0346. The van der Waals surface area contributed by atoms with E-state index in [1.54, 1.807) is 0 Å². The predicted octanol–water partition coefficient (Wildman–Crippen LogP) is 5.55. The van der Waals surface area contributed by atoms with Gasteiger partial charge in [-0.2, -0.15) is 0 Å². The minimum Gasteiger partial charge on any atom is -0.481 e. The van der Waals surface area contributed by atoms with E-state index in [0.29, 0.717) is 37.9 Å². The van der Waals surface area contributed by atoms with Crippen molar-refractivity contribution in [1.29, 1.82) is 0 Å². The van der Waals surface area contributed by atoms with E-state index in [-0.39, 0.29) is 184 Å². The Bertz CT molecular complexity index is 2420. The first-order valence-electron chi connectivity index (χ1n) is 34.9. The molecular formula is C70H118N6O21. The molecule has 554 valence electrons. The van der Waals surface area contributed by atoms with Crippen molar-refractivity contribution in [2.45, 2.75) is 247 Å². The molecule has 0 bridgehead atoms. The van der Waals surface area contributed by atoms with Crippen LogP contribution in [0, 0.1) is 16.7 Å². The summed E-state index contributed by atoms with van der Waals surface area (Å²) in [6.07, 6.45) is 16.0. The summed E-state index contributed by atoms with van der Waals surface area (Å²) in [5, 5.41) is 33.8. The number of aliphatic hydroxyl groups excluding tert-OH is 1. The normalized spacial score (nSPS) is 12.0. The maximum atomic E-state index is 12.6. The van der Waals surface area contributed by atoms with Crippen LogP contribution in [0.25, 0.3) is 0 Å². The van der Waals surface area contributed by atoms with E-state index in [4.69, 9.17) is 18.9 Å². The summed E-state index contributed by atoms with van der Waals surface area (Å²) in [6.45, 7) is 10.5. The van der Waals surface area contributed by atoms with Crippen molar-refractivity contribution in [3.8, 4) is 0 Å². The SMILES string of the molecule is CC(C)(C)CCC(=O)CNC(=O)CCC(=O)CNC(=O)CCC(=O)[C@H](CO)NC(=O)CCC(=O)CNC(=O)CCC(=O)CNC(=O)COCCOCCCC(=O)COCCOCCNC(=O)CC[C@H](CC(=O)CCCCCCCCCCCCCCCCC(=O)C(C)(C)C)C(=O)O. The van der Waals surface area contributed by atoms with Crippen molar-refractivity contribution in [3.05, 3.63) is 0 Å². The highest BCUT2D eigenvalue weighted by Crippen LogP contribution is 2.22. The lowest BCUT2D eigenvalue weighted by atomic mass is 9.88. The lowest BCUT2D eigenvalue weighted by Gasteiger charge is -2.17. The number of amides is 6. The molecule has 0 rings (SSSR count). The Hall–Kier alpha value is -6.55. The molecule has 0 heterocycles. The molecule has 0 saturated carbocycles. The third-order valence-electron chi connectivity index (χ3n) is 15.5. The Morgan fingerprint density at radius 3 is 1.24 bits per heavy atom. The number of hydrogen-bond acceptors (Lipinski definition) is 20. The largest absolute Gasteiger partial charge is 0.481 e. The number of nitrogens with one attached hydrogen (secondary N) is 6. The Kier molecular flexibility index (Phi) is 52.5. The summed E-state index contributed by atoms with van der Waals surface area (Å²) in [5.74, 6) is -7.62. The van der Waals surface area contributed by atoms with Crippen molar-refractivity contribution in [2.75, 3.05) is 92.2 Å². The molecule has 0 unspecified atom stereocenters. The number of Topliss-reactive ketones (excluding diaryl/α,β-unsaturated/α-hetero) is 8. The van der Waals surface area contributed by atoms with Crippen molar-refractivity contribution < 1.29 is 101 Å². The predicted molar refractivity (Wildman–Crippen MR) is 361 cm³/mol. The minimum atomic E-state index is -1.37. The summed E-state index contributed by atoms with van der Waals surface area (Å²) in [6, 6.07) is -1.37. The van der Waals surface area contributed by atoms with E-state index in [9.17, 15) is 82.1 Å². The molecule has 27 nitrogen and oxygen atoms in total. The summed E-state index contributed by atoms with van der Waals surface area (Å²) in [5.41, 5.74) is -0.258. The zero-order valence-electron chi connectivity index (χ0n) is 59.1. The summed E-state index contributed by atoms with van der Waals surface area (Å²) in [7, 11) is 0. The van der Waals surface area contributed by atoms with Gasteiger partial charge in [-0.25, -0.2) is 0 Å². The highest BCUT2D eigenvalue weighted by molar-refractivity contribution is 5.95. The highest BCUT2D eigenvalue weighted by atomic mass is 16.5. The Morgan fingerprint density at radius 1 is 0.361 bits per heavy atom. The maximum absolute atomic E-state index is 12.6. The molecule has 0 aromatic heterocycles. The molecule has 0 radical (unpaired) electrons. The van der Waals surface area contributed by atoms with Crippen LogP contribution in [0.2, 0.25) is 0 Å². The average molecular weight is 1380 g/mol. The molecule has 0 aliphatic rings. The van der Waals surface area contributed by atoms with Gasteiger partial charge in [0.2, 0.25) is 35.4 Å². The molecule has 0 aromatic rings. The zero-order chi connectivity index (χ0) is 72.7. The van der Waals surface area contributed by atoms with Crippen LogP contribution in [0.15, 0.2) is 0 Å². The van der Waals surface area contributed by atoms with Gasteiger partial charge < -0.3 is 61.1 Å². The van der Waals surface area contributed by atoms with Gasteiger partial charge in [-0.05, 0) is 37.5 Å². The lowest BCUT2D eigenvalue weighted by Crippen LogP contribution is -2.44. The van der Waals surface area contributed by atoms with Crippen molar-refractivity contribution in [3.63, 3.8) is 0 Å². The number of aliphatic hydroxyl groups is 1. The molecule has 2 atom stereocenters. The van der Waals surface area contributed by atoms with Gasteiger partial charge in [0.25, 0.3) is 0 Å². The van der Waals surface area contributed by atoms with E-state index in [2.05, 4.69) is 31.9 Å². The fourth-order valence-corrected chi connectivity index (χ4v) is 9.32. The number of carboxylic acid groups (broad SMARTS) is 1. The van der Waals surface area contributed by atoms with Gasteiger partial charge in [-0.1, -0.05) is 119 Å². The summed E-state index contributed by atoms with van der Waals surface area (Å²) < 4.78 is 21.5. The Labute approximate surface area is 574 Å². The van der Waals surface area contributed by atoms with Crippen molar-refractivity contribution in [1.82, 2.24) is 31.9 Å². The van der Waals surface area contributed by atoms with Gasteiger partial charge in [0.05, 0.1) is 71.7 Å². The number of rotatable bonds is 65. The molecule has 0 spiro atoms. The first kappa shape index (κ1) is 90.5. The summed E-state index contributed by atoms with van der Waals surface area (Å²) in [4.78, 5) is 183. The number of carbonyl (C=O) groups excluding carboxylic acids is 14. The third kappa shape index (κ3) is 57.1. The fraction of sp³-hybridized carbons (Fsp3) is 0.786. The monoisotopic (exact) mass is 1380 g/mol. The van der Waals surface area contributed by atoms with Crippen LogP contribution in [0.5, 0.6) is 0 Å². The number of ketones is 8. The highest BCUT2D eigenvalue weighted by Gasteiger charge is 2.25. The van der Waals surface area contributed by atoms with E-state index >= 15 is 0 Å². The van der Waals surface area contributed by atoms with E-state index in [1.807, 2.05) is 41.5 Å². The molecule has 0 aliphatic carbocycles. The molecule has 0 aromatic carbocycles. The van der Waals surface area contributed by atoms with Gasteiger partial charge in [-0.15, -0.1) is 0 Å². The Morgan fingerprint density at radius 2 is 0.763 bits per heavy atom. The van der Waals surface area contributed by atoms with Crippen LogP contribution in [0.1, 0.15) is 241 Å². The molecule has 27 heteroatoms. The smallest absolute Gasteiger partial charge is 0.306 e. The van der Waals surface area contributed by atoms with Crippen LogP contribution in [0.3, 0.4) is 0 Å². The number of unbranched alkanes of at least 4 members (excludes halogenated alkanes) is 13. The van der Waals surface area contributed by atoms with Gasteiger partial charge in [0.1, 0.15) is 30.8 Å². The zero-order valence-corrected chi connectivity index (χ0v) is 59.1. The number of carboxylic acids is 1. The lowest BCUT2D eigenvalue weighted by molar-refractivity contribution is -0.144. The summed E-state index contributed by atoms with van der Waals surface area (Å²) >= 11 is 0. The van der Waals surface area contributed by atoms with Crippen LogP contribution in [-0.4, -0.2) is 196 Å². The standard InChI is InChI=1S/C70H118N6O21/c1-69(2,3)36-35-57(82)48-74-64(88)31-26-54(79)45-73-65(89)34-29-60(84)59(49-77)76-66(90)33-28-56(81)46-72-63(87)32-27-55(80)47-75-67(91)51-97-43-40-94-38-21-23-58(83)50-96-42-41-95-39-37-71-62(86)30-25-52(68(92)93)44-53(78)22-19-17-15-13-11-9-7-8-10-12-14-16-18-20-24-61(85)70(4,5)6/h52,59,77H,7-51H2,1-6H3,(H,71,86)(H,72,87)(H,73,89)(H,74,88)(H,75,91)(H,76,90)(H,92,93)/t52-,59+/m1/s1. The molecule has 8 N–H and O–H groups in total. The molecule has 97 heavy (non-hydrogen) atoms. The van der Waals surface area contributed by atoms with Gasteiger partial charge >= 0.3 is 5.97 Å². The number of hydrogen-bond donors (Lipinski definition) is 8. The second-order valence-electron chi connectivity index (χ2n) is 26.9. The maximum Gasteiger partial charge on any atom is 0.306 e. The van der Waals surface area contributed by atoms with E-state index < -0.39 is 90.3 Å². The van der Waals surface area contributed by atoms with Gasteiger partial charge in [-0.3, -0.25) is 71.9 Å². The van der Waals surface area contributed by atoms with Crippen molar-refractivity contribution in [2.24, 2.45) is 16.7 Å². The number of aliphatic carboxylic acids is 1. The molecular weight excluding hydrogens is 1260 g/mol. The third-order valence-corrected chi connectivity index (χ3v) is 15.5. The first-order valence-corrected chi connectivity index (χ1v) is 34.9. The van der Waals surface area contributed by atoms with E-state index in [1.165, 1.54) is 51.4 Å². The van der Waals surface area contributed by atoms with Gasteiger partial charge in [0.15, 0.2) is 34.7 Å². The second-order valence-corrected chi connectivity index (χ2v) is 26.9. The van der Waals surface area contributed by atoms with Crippen LogP contribution in [-0.2, 0) is 90.9 Å². The second kappa shape index (κ2) is 56.3. The molecule has 6 amide bonds. The minimum absolute atomic E-state index is 0.0247. The fourth-order valence-electron chi connectivity index (χ4n) is 9.32. The average Bonchev–Trinajstić information content (AvgIpc) is 1.54. The van der Waals surface area contributed by atoms with Crippen LogP contribution in [0.4, 0.5) is 0 Å². The Balaban J connectivity index is 3.91. The van der Waals surface area contributed by atoms with Crippen LogP contribution < -0.4 is 31.9 Å². The topological polar surface area (TPSA) is 406 Å².